The zero-order valence-electron chi connectivity index (χ0n) is 12.3. The maximum absolute atomic E-state index is 12.2. The van der Waals surface area contributed by atoms with Crippen LogP contribution < -0.4 is 11.1 Å². The first kappa shape index (κ1) is 15.0. The molecule has 0 unspecified atom stereocenters. The van der Waals surface area contributed by atoms with Crippen LogP contribution in [0.15, 0.2) is 30.3 Å². The van der Waals surface area contributed by atoms with Gasteiger partial charge < -0.3 is 11.1 Å². The van der Waals surface area contributed by atoms with Gasteiger partial charge in [-0.05, 0) is 31.2 Å². The number of amides is 1. The molecule has 0 radical (unpaired) electrons. The molecule has 1 fully saturated rings. The summed E-state index contributed by atoms with van der Waals surface area (Å²) in [7, 11) is 0. The second-order valence-corrected chi connectivity index (χ2v) is 5.94. The lowest BCUT2D eigenvalue weighted by atomic mass is 9.92. The summed E-state index contributed by atoms with van der Waals surface area (Å²) in [5, 5.41) is 3.11. The molecule has 1 aromatic carbocycles. The van der Waals surface area contributed by atoms with E-state index in [0.29, 0.717) is 5.92 Å². The van der Waals surface area contributed by atoms with Gasteiger partial charge in [-0.2, -0.15) is 0 Å². The van der Waals surface area contributed by atoms with Crippen LogP contribution in [0, 0.1) is 5.92 Å². The maximum atomic E-state index is 12.2. The van der Waals surface area contributed by atoms with Gasteiger partial charge in [-0.1, -0.05) is 56.0 Å². The largest absolute Gasteiger partial charge is 0.352 e. The second kappa shape index (κ2) is 7.44. The van der Waals surface area contributed by atoms with Crippen LogP contribution in [-0.2, 0) is 4.79 Å². The third-order valence-corrected chi connectivity index (χ3v) is 4.42. The maximum Gasteiger partial charge on any atom is 0.241 e. The third-order valence-electron chi connectivity index (χ3n) is 4.42. The average molecular weight is 274 g/mol. The standard InChI is InChI=1S/C17H26N2O/c1-13(14-9-5-2-3-6-10-14)19-17(20)16(18)15-11-7-4-8-12-15/h4,7-8,11-14,16H,2-3,5-6,9-10,18H2,1H3,(H,19,20)/t13-,16+/m1/s1. The number of nitrogens with two attached hydrogens (primary N) is 1. The fraction of sp³-hybridized carbons (Fsp3) is 0.588. The van der Waals surface area contributed by atoms with E-state index < -0.39 is 6.04 Å². The number of hydrogen-bond donors (Lipinski definition) is 2. The first-order chi connectivity index (χ1) is 9.68. The molecule has 0 bridgehead atoms. The lowest BCUT2D eigenvalue weighted by Crippen LogP contribution is -2.42. The Kier molecular flexibility index (Phi) is 5.60. The highest BCUT2D eigenvalue weighted by Gasteiger charge is 2.23. The Morgan fingerprint density at radius 3 is 2.35 bits per heavy atom. The fourth-order valence-corrected chi connectivity index (χ4v) is 3.05. The molecule has 2 atom stereocenters. The zero-order valence-corrected chi connectivity index (χ0v) is 12.3. The highest BCUT2D eigenvalue weighted by Crippen LogP contribution is 2.25. The van der Waals surface area contributed by atoms with Gasteiger partial charge in [0.05, 0.1) is 0 Å². The highest BCUT2D eigenvalue weighted by atomic mass is 16.2. The van der Waals surface area contributed by atoms with E-state index in [4.69, 9.17) is 5.73 Å². The van der Waals surface area contributed by atoms with Gasteiger partial charge in [0.2, 0.25) is 5.91 Å². The van der Waals surface area contributed by atoms with Gasteiger partial charge in [-0.15, -0.1) is 0 Å². The van der Waals surface area contributed by atoms with Crippen molar-refractivity contribution in [3.05, 3.63) is 35.9 Å². The minimum Gasteiger partial charge on any atom is -0.352 e. The SMILES string of the molecule is C[C@@H](NC(=O)[C@@H](N)c1ccccc1)C1CCCCCC1. The van der Waals surface area contributed by atoms with E-state index in [2.05, 4.69) is 12.2 Å². The molecule has 0 aliphatic heterocycles. The Bertz CT molecular complexity index is 410. The third kappa shape index (κ3) is 4.07. The smallest absolute Gasteiger partial charge is 0.241 e. The molecule has 1 aliphatic rings. The van der Waals surface area contributed by atoms with Gasteiger partial charge in [0, 0.05) is 6.04 Å². The minimum absolute atomic E-state index is 0.0621. The van der Waals surface area contributed by atoms with E-state index >= 15 is 0 Å². The number of benzene rings is 1. The molecule has 1 amide bonds. The molecule has 3 N–H and O–H groups in total. The van der Waals surface area contributed by atoms with E-state index in [-0.39, 0.29) is 11.9 Å². The molecular weight excluding hydrogens is 248 g/mol. The van der Waals surface area contributed by atoms with E-state index in [9.17, 15) is 4.79 Å². The van der Waals surface area contributed by atoms with E-state index in [0.717, 1.165) is 5.56 Å². The monoisotopic (exact) mass is 274 g/mol. The Balaban J connectivity index is 1.89. The molecule has 1 saturated carbocycles. The summed E-state index contributed by atoms with van der Waals surface area (Å²) in [6.45, 7) is 2.12. The van der Waals surface area contributed by atoms with Crippen molar-refractivity contribution < 1.29 is 4.79 Å². The molecule has 3 heteroatoms. The quantitative estimate of drug-likeness (QED) is 0.829. The number of carbonyl (C=O) groups excluding carboxylic acids is 1. The summed E-state index contributed by atoms with van der Waals surface area (Å²) in [6, 6.07) is 9.22. The number of nitrogens with one attached hydrogen (secondary N) is 1. The molecule has 1 aromatic rings. The molecule has 0 saturated heterocycles. The highest BCUT2D eigenvalue weighted by molar-refractivity contribution is 5.83. The zero-order chi connectivity index (χ0) is 14.4. The van der Waals surface area contributed by atoms with Crippen LogP contribution in [0.25, 0.3) is 0 Å². The van der Waals surface area contributed by atoms with Crippen molar-refractivity contribution in [3.8, 4) is 0 Å². The van der Waals surface area contributed by atoms with Crippen molar-refractivity contribution in [3.63, 3.8) is 0 Å². The average Bonchev–Trinajstić information content (AvgIpc) is 2.76. The Hall–Kier alpha value is -1.35. The Morgan fingerprint density at radius 1 is 1.15 bits per heavy atom. The summed E-state index contributed by atoms with van der Waals surface area (Å²) in [6.07, 6.45) is 7.69. The molecule has 0 aromatic heterocycles. The molecule has 2 rings (SSSR count). The van der Waals surface area contributed by atoms with Crippen molar-refractivity contribution in [2.24, 2.45) is 11.7 Å². The van der Waals surface area contributed by atoms with E-state index in [1.165, 1.54) is 38.5 Å². The molecule has 110 valence electrons. The molecule has 20 heavy (non-hydrogen) atoms. The predicted octanol–water partition coefficient (Wildman–Crippen LogP) is 3.16. The first-order valence-electron chi connectivity index (χ1n) is 7.79. The van der Waals surface area contributed by atoms with Crippen molar-refractivity contribution in [2.45, 2.75) is 57.5 Å². The molecular formula is C17H26N2O. The molecule has 0 heterocycles. The summed E-state index contributed by atoms with van der Waals surface area (Å²) in [5.41, 5.74) is 6.91. The van der Waals surface area contributed by atoms with Crippen LogP contribution in [0.3, 0.4) is 0 Å². The minimum atomic E-state index is -0.565. The summed E-state index contributed by atoms with van der Waals surface area (Å²) < 4.78 is 0. The number of rotatable bonds is 4. The number of hydrogen-bond acceptors (Lipinski definition) is 2. The van der Waals surface area contributed by atoms with Crippen molar-refractivity contribution in [1.82, 2.24) is 5.32 Å². The van der Waals surface area contributed by atoms with Gasteiger partial charge in [-0.25, -0.2) is 0 Å². The van der Waals surface area contributed by atoms with Gasteiger partial charge in [0.25, 0.3) is 0 Å². The molecule has 1 aliphatic carbocycles. The van der Waals surface area contributed by atoms with Crippen molar-refractivity contribution in [2.75, 3.05) is 0 Å². The van der Waals surface area contributed by atoms with Crippen LogP contribution in [0.2, 0.25) is 0 Å². The van der Waals surface area contributed by atoms with Crippen LogP contribution in [0.1, 0.15) is 57.1 Å². The van der Waals surface area contributed by atoms with E-state index in [1.54, 1.807) is 0 Å². The van der Waals surface area contributed by atoms with E-state index in [1.807, 2.05) is 30.3 Å². The van der Waals surface area contributed by atoms with Crippen LogP contribution in [0.5, 0.6) is 0 Å². The Labute approximate surface area is 121 Å². The van der Waals surface area contributed by atoms with Gasteiger partial charge in [-0.3, -0.25) is 4.79 Å². The van der Waals surface area contributed by atoms with Gasteiger partial charge >= 0.3 is 0 Å². The van der Waals surface area contributed by atoms with Crippen molar-refractivity contribution in [1.29, 1.82) is 0 Å². The summed E-state index contributed by atoms with van der Waals surface area (Å²) in [5.74, 6) is 0.539. The fourth-order valence-electron chi connectivity index (χ4n) is 3.05. The van der Waals surface area contributed by atoms with Crippen molar-refractivity contribution >= 4 is 5.91 Å². The molecule has 0 spiro atoms. The lowest BCUT2D eigenvalue weighted by Gasteiger charge is -2.25. The van der Waals surface area contributed by atoms with Crippen LogP contribution in [-0.4, -0.2) is 11.9 Å². The number of carbonyl (C=O) groups is 1. The topological polar surface area (TPSA) is 55.1 Å². The normalized spacial score (nSPS) is 19.9. The second-order valence-electron chi connectivity index (χ2n) is 5.94. The predicted molar refractivity (Wildman–Crippen MR) is 82.2 cm³/mol. The summed E-state index contributed by atoms with van der Waals surface area (Å²) >= 11 is 0. The van der Waals surface area contributed by atoms with Gasteiger partial charge in [0.15, 0.2) is 0 Å². The Morgan fingerprint density at radius 2 is 1.75 bits per heavy atom. The lowest BCUT2D eigenvalue weighted by molar-refractivity contribution is -0.123. The summed E-state index contributed by atoms with van der Waals surface area (Å²) in [4.78, 5) is 12.2. The van der Waals surface area contributed by atoms with Gasteiger partial charge in [0.1, 0.15) is 6.04 Å². The van der Waals surface area contributed by atoms with Crippen LogP contribution in [0.4, 0.5) is 0 Å². The van der Waals surface area contributed by atoms with Crippen LogP contribution >= 0.6 is 0 Å². The first-order valence-corrected chi connectivity index (χ1v) is 7.79. The molecule has 3 nitrogen and oxygen atoms in total.